The number of halogens is 1. The Hall–Kier alpha value is -1.59. The molecule has 6 heteroatoms. The molecule has 4 saturated carbocycles. The van der Waals surface area contributed by atoms with Crippen LogP contribution in [0.15, 0.2) is 24.3 Å². The molecule has 0 aromatic heterocycles. The Balaban J connectivity index is 1.35. The number of hydrogen-bond acceptors (Lipinski definition) is 3. The molecule has 6 rings (SSSR count). The van der Waals surface area contributed by atoms with Gasteiger partial charge in [0.05, 0.1) is 6.54 Å². The van der Waals surface area contributed by atoms with Gasteiger partial charge in [-0.15, -0.1) is 0 Å². The van der Waals surface area contributed by atoms with Gasteiger partial charge in [-0.05, 0) is 74.0 Å². The van der Waals surface area contributed by atoms with E-state index >= 15 is 0 Å². The quantitative estimate of drug-likeness (QED) is 0.695. The maximum absolute atomic E-state index is 13.8. The Labute approximate surface area is 190 Å². The van der Waals surface area contributed by atoms with Crippen molar-refractivity contribution >= 4 is 23.4 Å². The number of carbonyl (C=O) groups excluding carboxylic acids is 2. The van der Waals surface area contributed by atoms with Gasteiger partial charge >= 0.3 is 0 Å². The molecule has 1 aliphatic heterocycles. The van der Waals surface area contributed by atoms with Gasteiger partial charge in [0.15, 0.2) is 0 Å². The molecule has 1 heterocycles. The van der Waals surface area contributed by atoms with Gasteiger partial charge in [-0.3, -0.25) is 14.5 Å². The lowest BCUT2D eigenvalue weighted by molar-refractivity contribution is -0.154. The Morgan fingerprint density at radius 1 is 0.968 bits per heavy atom. The van der Waals surface area contributed by atoms with Gasteiger partial charge in [-0.1, -0.05) is 23.7 Å². The molecule has 168 valence electrons. The van der Waals surface area contributed by atoms with Crippen molar-refractivity contribution in [1.29, 1.82) is 0 Å². The van der Waals surface area contributed by atoms with Crippen molar-refractivity contribution < 1.29 is 9.59 Å². The smallest absolute Gasteiger partial charge is 0.237 e. The summed E-state index contributed by atoms with van der Waals surface area (Å²) in [6, 6.07) is 7.99. The van der Waals surface area contributed by atoms with Crippen molar-refractivity contribution in [2.24, 2.45) is 17.8 Å². The Kier molecular flexibility index (Phi) is 5.76. The van der Waals surface area contributed by atoms with Crippen LogP contribution in [0, 0.1) is 17.8 Å². The van der Waals surface area contributed by atoms with E-state index < -0.39 is 0 Å². The summed E-state index contributed by atoms with van der Waals surface area (Å²) in [6.07, 6.45) is 7.64. The summed E-state index contributed by atoms with van der Waals surface area (Å²) in [6.45, 7) is 5.76. The van der Waals surface area contributed by atoms with Crippen molar-refractivity contribution in [2.75, 3.05) is 32.7 Å². The first-order valence-electron chi connectivity index (χ1n) is 11.9. The highest BCUT2D eigenvalue weighted by atomic mass is 35.5. The van der Waals surface area contributed by atoms with Crippen LogP contribution in [0.2, 0.25) is 5.02 Å². The van der Waals surface area contributed by atoms with Gasteiger partial charge in [0.2, 0.25) is 11.8 Å². The number of carbonyl (C=O) groups is 2. The second-order valence-electron chi connectivity index (χ2n) is 10.5. The van der Waals surface area contributed by atoms with E-state index in [2.05, 4.69) is 21.9 Å². The maximum Gasteiger partial charge on any atom is 0.237 e. The van der Waals surface area contributed by atoms with Crippen LogP contribution >= 0.6 is 11.6 Å². The summed E-state index contributed by atoms with van der Waals surface area (Å²) in [5, 5.41) is 0.736. The molecular formula is C25H34ClN3O2. The van der Waals surface area contributed by atoms with Crippen molar-refractivity contribution in [3.05, 3.63) is 34.9 Å². The third-order valence-electron chi connectivity index (χ3n) is 8.31. The van der Waals surface area contributed by atoms with Crippen molar-refractivity contribution in [2.45, 2.75) is 57.5 Å². The van der Waals surface area contributed by atoms with E-state index in [1.165, 1.54) is 38.5 Å². The topological polar surface area (TPSA) is 43.9 Å². The normalized spacial score (nSPS) is 32.3. The molecule has 5 aliphatic rings. The monoisotopic (exact) mass is 443 g/mol. The van der Waals surface area contributed by atoms with Crippen LogP contribution in [0.1, 0.15) is 51.0 Å². The number of piperazine rings is 1. The highest BCUT2D eigenvalue weighted by molar-refractivity contribution is 6.30. The molecule has 31 heavy (non-hydrogen) atoms. The van der Waals surface area contributed by atoms with Crippen LogP contribution in [-0.2, 0) is 16.1 Å². The Morgan fingerprint density at radius 3 is 2.03 bits per heavy atom. The van der Waals surface area contributed by atoms with Crippen LogP contribution in [0.25, 0.3) is 0 Å². The molecule has 2 amide bonds. The SMILES string of the molecule is CC(=O)N1CCN(CC(=O)N(Cc2ccc(Cl)cc2)C23CC4CC(CC(C4)C2)C3)CC1. The summed E-state index contributed by atoms with van der Waals surface area (Å²) in [5.41, 5.74) is 1.20. The number of hydrogen-bond donors (Lipinski definition) is 0. The predicted octanol–water partition coefficient (Wildman–Crippen LogP) is 3.80. The van der Waals surface area contributed by atoms with Crippen molar-refractivity contribution in [3.63, 3.8) is 0 Å². The van der Waals surface area contributed by atoms with E-state index in [4.69, 9.17) is 11.6 Å². The average molecular weight is 444 g/mol. The minimum atomic E-state index is 0.0344. The second-order valence-corrected chi connectivity index (χ2v) is 11.0. The fourth-order valence-corrected chi connectivity index (χ4v) is 7.31. The molecule has 0 N–H and O–H groups in total. The summed E-state index contributed by atoms with van der Waals surface area (Å²) >= 11 is 6.11. The zero-order chi connectivity index (χ0) is 21.6. The first-order valence-corrected chi connectivity index (χ1v) is 12.3. The molecule has 1 saturated heterocycles. The van der Waals surface area contributed by atoms with E-state index in [-0.39, 0.29) is 17.4 Å². The van der Waals surface area contributed by atoms with Crippen LogP contribution in [0.4, 0.5) is 0 Å². The van der Waals surface area contributed by atoms with Crippen molar-refractivity contribution in [3.8, 4) is 0 Å². The molecule has 0 unspecified atom stereocenters. The fourth-order valence-electron chi connectivity index (χ4n) is 7.19. The third-order valence-corrected chi connectivity index (χ3v) is 8.56. The van der Waals surface area contributed by atoms with Gasteiger partial charge in [0, 0.05) is 50.2 Å². The molecular weight excluding hydrogens is 410 g/mol. The molecule has 0 atom stereocenters. The van der Waals surface area contributed by atoms with Crippen LogP contribution in [0.5, 0.6) is 0 Å². The Morgan fingerprint density at radius 2 is 1.52 bits per heavy atom. The minimum absolute atomic E-state index is 0.0344. The van der Waals surface area contributed by atoms with E-state index in [1.807, 2.05) is 17.0 Å². The number of benzene rings is 1. The van der Waals surface area contributed by atoms with Gasteiger partial charge in [0.1, 0.15) is 0 Å². The van der Waals surface area contributed by atoms with Crippen LogP contribution < -0.4 is 0 Å². The lowest BCUT2D eigenvalue weighted by Crippen LogP contribution is -2.62. The fraction of sp³-hybridized carbons (Fsp3) is 0.680. The predicted molar refractivity (Wildman–Crippen MR) is 122 cm³/mol. The molecule has 5 nitrogen and oxygen atoms in total. The number of amides is 2. The largest absolute Gasteiger partial charge is 0.340 e. The number of nitrogens with zero attached hydrogens (tertiary/aromatic N) is 3. The lowest BCUT2D eigenvalue weighted by atomic mass is 9.52. The van der Waals surface area contributed by atoms with Crippen molar-refractivity contribution in [1.82, 2.24) is 14.7 Å². The highest BCUT2D eigenvalue weighted by Crippen LogP contribution is 2.58. The van der Waals surface area contributed by atoms with Gasteiger partial charge in [0.25, 0.3) is 0 Å². The molecule has 0 radical (unpaired) electrons. The van der Waals surface area contributed by atoms with Gasteiger partial charge < -0.3 is 9.80 Å². The summed E-state index contributed by atoms with van der Waals surface area (Å²) in [5.74, 6) is 2.78. The summed E-state index contributed by atoms with van der Waals surface area (Å²) in [7, 11) is 0. The first kappa shape index (κ1) is 21.3. The third kappa shape index (κ3) is 4.36. The van der Waals surface area contributed by atoms with E-state index in [1.54, 1.807) is 6.92 Å². The average Bonchev–Trinajstić information content (AvgIpc) is 2.72. The first-order chi connectivity index (χ1) is 14.9. The number of rotatable bonds is 5. The zero-order valence-corrected chi connectivity index (χ0v) is 19.3. The van der Waals surface area contributed by atoms with Crippen LogP contribution in [0.3, 0.4) is 0 Å². The van der Waals surface area contributed by atoms with E-state index in [0.29, 0.717) is 13.1 Å². The molecule has 4 bridgehead atoms. The highest BCUT2D eigenvalue weighted by Gasteiger charge is 2.54. The van der Waals surface area contributed by atoms with E-state index in [9.17, 15) is 9.59 Å². The molecule has 1 aromatic carbocycles. The minimum Gasteiger partial charge on any atom is -0.340 e. The van der Waals surface area contributed by atoms with Crippen LogP contribution in [-0.4, -0.2) is 64.8 Å². The molecule has 5 fully saturated rings. The summed E-state index contributed by atoms with van der Waals surface area (Å²) < 4.78 is 0. The van der Waals surface area contributed by atoms with Gasteiger partial charge in [-0.25, -0.2) is 0 Å². The van der Waals surface area contributed by atoms with Gasteiger partial charge in [-0.2, -0.15) is 0 Å². The maximum atomic E-state index is 13.8. The molecule has 0 spiro atoms. The lowest BCUT2D eigenvalue weighted by Gasteiger charge is -2.60. The molecule has 1 aromatic rings. The Bertz CT molecular complexity index is 796. The second kappa shape index (κ2) is 8.40. The summed E-state index contributed by atoms with van der Waals surface area (Å²) in [4.78, 5) is 31.8. The standard InChI is InChI=1S/C25H34ClN3O2/c1-18(30)28-8-6-27(7-9-28)17-24(31)29(16-19-2-4-23(26)5-3-19)25-13-20-10-21(14-25)12-22(11-20)15-25/h2-5,20-22H,6-17H2,1H3. The van der Waals surface area contributed by atoms with E-state index in [0.717, 1.165) is 54.5 Å². The zero-order valence-electron chi connectivity index (χ0n) is 18.6. The molecule has 4 aliphatic carbocycles.